The van der Waals surface area contributed by atoms with E-state index >= 15 is 0 Å². The van der Waals surface area contributed by atoms with Crippen LogP contribution in [0.15, 0.2) is 24.3 Å². The number of fused-ring (bicyclic) bond motifs is 1. The SMILES string of the molecule is Cc1ccc(NC(=O)C23CCC4C[C@H](C[C@@H](C4)C2)C3)cc1. The highest BCUT2D eigenvalue weighted by atomic mass is 16.2. The second-order valence-electron chi connectivity index (χ2n) is 7.85. The zero-order valence-electron chi connectivity index (χ0n) is 12.9. The van der Waals surface area contributed by atoms with Gasteiger partial charge in [0, 0.05) is 5.69 Å². The fourth-order valence-electron chi connectivity index (χ4n) is 5.34. The molecule has 0 saturated heterocycles. The molecular formula is C19H25NO. The molecule has 4 saturated carbocycles. The van der Waals surface area contributed by atoms with Gasteiger partial charge in [-0.3, -0.25) is 4.79 Å². The van der Waals surface area contributed by atoms with Crippen molar-refractivity contribution in [2.75, 3.05) is 5.32 Å². The predicted octanol–water partition coefficient (Wildman–Crippen LogP) is 4.54. The van der Waals surface area contributed by atoms with Crippen LogP contribution in [0, 0.1) is 30.1 Å². The van der Waals surface area contributed by atoms with Crippen molar-refractivity contribution in [3.63, 3.8) is 0 Å². The van der Waals surface area contributed by atoms with Crippen molar-refractivity contribution in [1.29, 1.82) is 0 Å². The molecule has 4 bridgehead atoms. The van der Waals surface area contributed by atoms with E-state index in [1.54, 1.807) is 0 Å². The Labute approximate surface area is 127 Å². The molecule has 4 aliphatic carbocycles. The van der Waals surface area contributed by atoms with Gasteiger partial charge in [-0.15, -0.1) is 0 Å². The van der Waals surface area contributed by atoms with Crippen LogP contribution in [-0.4, -0.2) is 5.91 Å². The first-order valence-corrected chi connectivity index (χ1v) is 8.51. The van der Waals surface area contributed by atoms with Crippen molar-refractivity contribution in [3.05, 3.63) is 29.8 Å². The lowest BCUT2D eigenvalue weighted by atomic mass is 9.61. The van der Waals surface area contributed by atoms with Gasteiger partial charge in [-0.2, -0.15) is 0 Å². The Morgan fingerprint density at radius 3 is 2.33 bits per heavy atom. The van der Waals surface area contributed by atoms with Crippen LogP contribution >= 0.6 is 0 Å². The van der Waals surface area contributed by atoms with E-state index in [0.29, 0.717) is 5.91 Å². The summed E-state index contributed by atoms with van der Waals surface area (Å²) in [6.45, 7) is 2.08. The summed E-state index contributed by atoms with van der Waals surface area (Å²) in [4.78, 5) is 13.0. The van der Waals surface area contributed by atoms with Crippen LogP contribution in [0.5, 0.6) is 0 Å². The minimum absolute atomic E-state index is 0.0658. The molecule has 2 nitrogen and oxygen atoms in total. The molecule has 1 aromatic carbocycles. The van der Waals surface area contributed by atoms with Crippen LogP contribution in [0.4, 0.5) is 5.69 Å². The van der Waals surface area contributed by atoms with Gasteiger partial charge in [0.2, 0.25) is 5.91 Å². The standard InChI is InChI=1S/C19H25NO/c1-13-2-4-17(5-3-13)20-18(21)19-7-6-14-8-15(11-19)10-16(9-14)12-19/h2-5,14-16H,6-12H2,1H3,(H,20,21)/t14?,15-,16-,19?/m1/s1. The van der Waals surface area contributed by atoms with Crippen molar-refractivity contribution in [3.8, 4) is 0 Å². The average Bonchev–Trinajstić information content (AvgIpc) is 2.67. The van der Waals surface area contributed by atoms with E-state index in [0.717, 1.165) is 42.7 Å². The van der Waals surface area contributed by atoms with E-state index in [-0.39, 0.29) is 5.41 Å². The van der Waals surface area contributed by atoms with Gasteiger partial charge in [0.15, 0.2) is 0 Å². The summed E-state index contributed by atoms with van der Waals surface area (Å²) in [5, 5.41) is 3.21. The zero-order valence-corrected chi connectivity index (χ0v) is 12.9. The summed E-state index contributed by atoms with van der Waals surface area (Å²) < 4.78 is 0. The first-order chi connectivity index (χ1) is 10.1. The van der Waals surface area contributed by atoms with Crippen LogP contribution in [0.1, 0.15) is 50.5 Å². The third kappa shape index (κ3) is 2.39. The molecule has 0 radical (unpaired) electrons. The number of rotatable bonds is 2. The fraction of sp³-hybridized carbons (Fsp3) is 0.632. The molecule has 0 heterocycles. The number of amides is 1. The topological polar surface area (TPSA) is 29.1 Å². The van der Waals surface area contributed by atoms with Crippen LogP contribution in [0.25, 0.3) is 0 Å². The summed E-state index contributed by atoms with van der Waals surface area (Å²) in [6.07, 6.45) is 8.81. The van der Waals surface area contributed by atoms with E-state index in [1.807, 2.05) is 12.1 Å². The van der Waals surface area contributed by atoms with E-state index in [1.165, 1.54) is 31.2 Å². The van der Waals surface area contributed by atoms with Crippen molar-refractivity contribution >= 4 is 11.6 Å². The molecule has 5 rings (SSSR count). The van der Waals surface area contributed by atoms with Gasteiger partial charge < -0.3 is 5.32 Å². The van der Waals surface area contributed by atoms with E-state index < -0.39 is 0 Å². The number of benzene rings is 1. The highest BCUT2D eigenvalue weighted by Gasteiger charge is 2.51. The van der Waals surface area contributed by atoms with Crippen molar-refractivity contribution in [2.24, 2.45) is 23.2 Å². The minimum atomic E-state index is -0.0658. The number of nitrogens with one attached hydrogen (secondary N) is 1. The molecule has 2 heteroatoms. The molecule has 4 fully saturated rings. The molecule has 0 aliphatic heterocycles. The largest absolute Gasteiger partial charge is 0.326 e. The molecule has 0 spiro atoms. The van der Waals surface area contributed by atoms with Crippen molar-refractivity contribution in [2.45, 2.75) is 51.9 Å². The summed E-state index contributed by atoms with van der Waals surface area (Å²) in [6, 6.07) is 8.20. The number of hydrogen-bond acceptors (Lipinski definition) is 1. The maximum Gasteiger partial charge on any atom is 0.230 e. The summed E-state index contributed by atoms with van der Waals surface area (Å²) >= 11 is 0. The van der Waals surface area contributed by atoms with Gasteiger partial charge in [0.25, 0.3) is 0 Å². The Morgan fingerprint density at radius 2 is 1.67 bits per heavy atom. The van der Waals surface area contributed by atoms with Gasteiger partial charge in [-0.25, -0.2) is 0 Å². The molecule has 0 unspecified atom stereocenters. The number of anilines is 1. The average molecular weight is 283 g/mol. The van der Waals surface area contributed by atoms with Gasteiger partial charge in [0.05, 0.1) is 5.41 Å². The summed E-state index contributed by atoms with van der Waals surface area (Å²) in [5.74, 6) is 2.83. The molecular weight excluding hydrogens is 258 g/mol. The molecule has 1 amide bonds. The lowest BCUT2D eigenvalue weighted by molar-refractivity contribution is -0.130. The van der Waals surface area contributed by atoms with Gasteiger partial charge in [-0.1, -0.05) is 17.7 Å². The number of carbonyl (C=O) groups excluding carboxylic acids is 1. The van der Waals surface area contributed by atoms with Crippen LogP contribution in [0.2, 0.25) is 0 Å². The van der Waals surface area contributed by atoms with E-state index in [2.05, 4.69) is 24.4 Å². The van der Waals surface area contributed by atoms with Gasteiger partial charge in [0.1, 0.15) is 0 Å². The van der Waals surface area contributed by atoms with Gasteiger partial charge in [-0.05, 0) is 81.8 Å². The molecule has 21 heavy (non-hydrogen) atoms. The highest BCUT2D eigenvalue weighted by Crippen LogP contribution is 2.57. The first-order valence-electron chi connectivity index (χ1n) is 8.51. The Hall–Kier alpha value is -1.31. The smallest absolute Gasteiger partial charge is 0.230 e. The number of carbonyl (C=O) groups is 1. The lowest BCUT2D eigenvalue weighted by Gasteiger charge is -2.44. The lowest BCUT2D eigenvalue weighted by Crippen LogP contribution is -2.42. The summed E-state index contributed by atoms with van der Waals surface area (Å²) in [5.41, 5.74) is 2.13. The van der Waals surface area contributed by atoms with E-state index in [9.17, 15) is 4.79 Å². The van der Waals surface area contributed by atoms with Crippen molar-refractivity contribution < 1.29 is 4.79 Å². The van der Waals surface area contributed by atoms with Crippen LogP contribution in [0.3, 0.4) is 0 Å². The Bertz CT molecular complexity index is 533. The van der Waals surface area contributed by atoms with Crippen molar-refractivity contribution in [1.82, 2.24) is 0 Å². The maximum absolute atomic E-state index is 13.0. The molecule has 2 atom stereocenters. The third-order valence-electron chi connectivity index (χ3n) is 6.18. The fourth-order valence-corrected chi connectivity index (χ4v) is 5.34. The second-order valence-corrected chi connectivity index (χ2v) is 7.85. The molecule has 112 valence electrons. The highest BCUT2D eigenvalue weighted by molar-refractivity contribution is 5.95. The first kappa shape index (κ1) is 13.4. The minimum Gasteiger partial charge on any atom is -0.326 e. The molecule has 4 aliphatic rings. The summed E-state index contributed by atoms with van der Waals surface area (Å²) in [7, 11) is 0. The van der Waals surface area contributed by atoms with E-state index in [4.69, 9.17) is 0 Å². The monoisotopic (exact) mass is 283 g/mol. The number of aryl methyl sites for hydroxylation is 1. The van der Waals surface area contributed by atoms with Crippen LogP contribution < -0.4 is 5.32 Å². The number of hydrogen-bond donors (Lipinski definition) is 1. The molecule has 1 aromatic rings. The maximum atomic E-state index is 13.0. The Morgan fingerprint density at radius 1 is 1.05 bits per heavy atom. The third-order valence-corrected chi connectivity index (χ3v) is 6.18. The quantitative estimate of drug-likeness (QED) is 0.848. The Kier molecular flexibility index (Phi) is 3.09. The molecule has 0 aromatic heterocycles. The predicted molar refractivity (Wildman–Crippen MR) is 85.0 cm³/mol. The second kappa shape index (κ2) is 4.86. The van der Waals surface area contributed by atoms with Crippen LogP contribution in [-0.2, 0) is 4.79 Å². The zero-order chi connectivity index (χ0) is 14.4. The van der Waals surface area contributed by atoms with Gasteiger partial charge >= 0.3 is 0 Å². The molecule has 1 N–H and O–H groups in total. The normalized spacial score (nSPS) is 37.3. The Balaban J connectivity index is 1.56.